The lowest BCUT2D eigenvalue weighted by Crippen LogP contribution is -2.31. The van der Waals surface area contributed by atoms with Crippen molar-refractivity contribution in [2.75, 3.05) is 6.54 Å². The molecule has 3 rings (SSSR count). The third-order valence-corrected chi connectivity index (χ3v) is 4.43. The molecular formula is C21H25N3O. The molecule has 3 aromatic rings. The van der Waals surface area contributed by atoms with E-state index in [0.29, 0.717) is 11.9 Å². The monoisotopic (exact) mass is 335 g/mol. The summed E-state index contributed by atoms with van der Waals surface area (Å²) in [5, 5.41) is 4.21. The van der Waals surface area contributed by atoms with Crippen LogP contribution in [-0.2, 0) is 13.0 Å². The van der Waals surface area contributed by atoms with E-state index in [1.165, 1.54) is 5.56 Å². The van der Waals surface area contributed by atoms with Crippen LogP contribution in [0.5, 0.6) is 0 Å². The standard InChI is InChI=1S/C21H25N3O/c1-3-15-24-20(23-19-12-8-7-11-18(19)21(24)25)16(2)22-14-13-17-9-5-4-6-10-17/h4-12,16,22H,3,13-15H2,1-2H3/t16-/m0/s1. The topological polar surface area (TPSA) is 46.9 Å². The van der Waals surface area contributed by atoms with Crippen molar-refractivity contribution in [3.05, 3.63) is 76.3 Å². The van der Waals surface area contributed by atoms with Crippen LogP contribution in [0.2, 0.25) is 0 Å². The maximum atomic E-state index is 12.8. The van der Waals surface area contributed by atoms with Crippen molar-refractivity contribution >= 4 is 10.9 Å². The highest BCUT2D eigenvalue weighted by Crippen LogP contribution is 2.14. The Hall–Kier alpha value is -2.46. The van der Waals surface area contributed by atoms with E-state index in [4.69, 9.17) is 4.98 Å². The zero-order chi connectivity index (χ0) is 17.6. The number of para-hydroxylation sites is 1. The molecule has 0 aliphatic heterocycles. The summed E-state index contributed by atoms with van der Waals surface area (Å²) in [7, 11) is 0. The van der Waals surface area contributed by atoms with Crippen molar-refractivity contribution in [3.8, 4) is 0 Å². The second kappa shape index (κ2) is 8.08. The zero-order valence-corrected chi connectivity index (χ0v) is 14.9. The number of aromatic nitrogens is 2. The van der Waals surface area contributed by atoms with Crippen LogP contribution in [0.1, 0.15) is 37.7 Å². The Balaban J connectivity index is 1.83. The van der Waals surface area contributed by atoms with Gasteiger partial charge in [0.2, 0.25) is 0 Å². The van der Waals surface area contributed by atoms with Crippen LogP contribution in [-0.4, -0.2) is 16.1 Å². The summed E-state index contributed by atoms with van der Waals surface area (Å²) in [6.45, 7) is 5.70. The Labute approximate surface area is 148 Å². The van der Waals surface area contributed by atoms with Gasteiger partial charge in [0.25, 0.3) is 5.56 Å². The summed E-state index contributed by atoms with van der Waals surface area (Å²) in [6.07, 6.45) is 1.86. The van der Waals surface area contributed by atoms with E-state index in [0.717, 1.165) is 30.7 Å². The normalized spacial score (nSPS) is 12.4. The molecule has 0 aliphatic rings. The molecule has 0 fully saturated rings. The molecule has 4 nitrogen and oxygen atoms in total. The fourth-order valence-electron chi connectivity index (χ4n) is 3.12. The summed E-state index contributed by atoms with van der Waals surface area (Å²) in [6, 6.07) is 18.0. The summed E-state index contributed by atoms with van der Waals surface area (Å²) in [5.41, 5.74) is 2.13. The van der Waals surface area contributed by atoms with Gasteiger partial charge in [0.15, 0.2) is 0 Å². The van der Waals surface area contributed by atoms with Crippen molar-refractivity contribution < 1.29 is 0 Å². The molecule has 0 radical (unpaired) electrons. The van der Waals surface area contributed by atoms with Crippen LogP contribution in [0.4, 0.5) is 0 Å². The molecule has 4 heteroatoms. The summed E-state index contributed by atoms with van der Waals surface area (Å²) >= 11 is 0. The first-order chi connectivity index (χ1) is 12.2. The maximum Gasteiger partial charge on any atom is 0.261 e. The fraction of sp³-hybridized carbons (Fsp3) is 0.333. The van der Waals surface area contributed by atoms with Gasteiger partial charge in [0, 0.05) is 6.54 Å². The Bertz CT molecular complexity index is 887. The number of benzene rings is 2. The van der Waals surface area contributed by atoms with E-state index >= 15 is 0 Å². The van der Waals surface area contributed by atoms with Gasteiger partial charge >= 0.3 is 0 Å². The molecule has 2 aromatic carbocycles. The highest BCUT2D eigenvalue weighted by Gasteiger charge is 2.15. The summed E-state index contributed by atoms with van der Waals surface area (Å²) in [5.74, 6) is 0.818. The molecule has 0 amide bonds. The Morgan fingerprint density at radius 3 is 2.56 bits per heavy atom. The molecule has 1 atom stereocenters. The number of nitrogens with zero attached hydrogens (tertiary/aromatic N) is 2. The third-order valence-electron chi connectivity index (χ3n) is 4.43. The predicted molar refractivity (Wildman–Crippen MR) is 103 cm³/mol. The molecule has 0 unspecified atom stereocenters. The SMILES string of the molecule is CCCn1c([C@H](C)NCCc2ccccc2)nc2ccccc2c1=O. The zero-order valence-electron chi connectivity index (χ0n) is 14.9. The lowest BCUT2D eigenvalue weighted by Gasteiger charge is -2.19. The lowest BCUT2D eigenvalue weighted by atomic mass is 10.1. The second-order valence-electron chi connectivity index (χ2n) is 6.36. The van der Waals surface area contributed by atoms with Gasteiger partial charge in [-0.25, -0.2) is 4.98 Å². The number of rotatable bonds is 7. The second-order valence-corrected chi connectivity index (χ2v) is 6.36. The van der Waals surface area contributed by atoms with Crippen LogP contribution in [0, 0.1) is 0 Å². The molecule has 25 heavy (non-hydrogen) atoms. The first-order valence-corrected chi connectivity index (χ1v) is 8.97. The van der Waals surface area contributed by atoms with Crippen molar-refractivity contribution in [2.24, 2.45) is 0 Å². The van der Waals surface area contributed by atoms with E-state index in [-0.39, 0.29) is 11.6 Å². The predicted octanol–water partition coefficient (Wildman–Crippen LogP) is 3.70. The first kappa shape index (κ1) is 17.4. The minimum Gasteiger partial charge on any atom is -0.307 e. The van der Waals surface area contributed by atoms with Crippen LogP contribution in [0.25, 0.3) is 10.9 Å². The van der Waals surface area contributed by atoms with E-state index in [1.807, 2.05) is 34.9 Å². The highest BCUT2D eigenvalue weighted by molar-refractivity contribution is 5.77. The number of nitrogens with one attached hydrogen (secondary N) is 1. The summed E-state index contributed by atoms with van der Waals surface area (Å²) in [4.78, 5) is 17.6. The molecule has 0 saturated heterocycles. The van der Waals surface area contributed by atoms with E-state index in [2.05, 4.69) is 43.4 Å². The van der Waals surface area contributed by atoms with Gasteiger partial charge in [-0.2, -0.15) is 0 Å². The molecule has 1 heterocycles. The Morgan fingerprint density at radius 2 is 1.80 bits per heavy atom. The van der Waals surface area contributed by atoms with Crippen molar-refractivity contribution in [3.63, 3.8) is 0 Å². The van der Waals surface area contributed by atoms with Crippen molar-refractivity contribution in [2.45, 2.75) is 39.3 Å². The average Bonchev–Trinajstić information content (AvgIpc) is 2.65. The number of fused-ring (bicyclic) bond motifs is 1. The van der Waals surface area contributed by atoms with Gasteiger partial charge < -0.3 is 5.32 Å². The first-order valence-electron chi connectivity index (χ1n) is 8.97. The van der Waals surface area contributed by atoms with Gasteiger partial charge in [-0.05, 0) is 44.0 Å². The molecule has 130 valence electrons. The average molecular weight is 335 g/mol. The summed E-state index contributed by atoms with van der Waals surface area (Å²) < 4.78 is 1.82. The van der Waals surface area contributed by atoms with Gasteiger partial charge in [-0.1, -0.05) is 49.4 Å². The highest BCUT2D eigenvalue weighted by atomic mass is 16.1. The van der Waals surface area contributed by atoms with Crippen molar-refractivity contribution in [1.82, 2.24) is 14.9 Å². The van der Waals surface area contributed by atoms with Gasteiger partial charge in [-0.15, -0.1) is 0 Å². The third kappa shape index (κ3) is 3.97. The molecular weight excluding hydrogens is 310 g/mol. The smallest absolute Gasteiger partial charge is 0.261 e. The van der Waals surface area contributed by atoms with Crippen LogP contribution in [0.15, 0.2) is 59.4 Å². The molecule has 1 aromatic heterocycles. The lowest BCUT2D eigenvalue weighted by molar-refractivity contribution is 0.496. The van der Waals surface area contributed by atoms with E-state index < -0.39 is 0 Å². The minimum atomic E-state index is 0.0209. The van der Waals surface area contributed by atoms with Crippen LogP contribution >= 0.6 is 0 Å². The van der Waals surface area contributed by atoms with Crippen LogP contribution in [0.3, 0.4) is 0 Å². The van der Waals surface area contributed by atoms with Gasteiger partial charge in [-0.3, -0.25) is 9.36 Å². The molecule has 0 spiro atoms. The molecule has 0 saturated carbocycles. The fourth-order valence-corrected chi connectivity index (χ4v) is 3.12. The van der Waals surface area contributed by atoms with E-state index in [9.17, 15) is 4.79 Å². The largest absolute Gasteiger partial charge is 0.307 e. The number of hydrogen-bond acceptors (Lipinski definition) is 3. The Morgan fingerprint density at radius 1 is 1.08 bits per heavy atom. The molecule has 1 N–H and O–H groups in total. The van der Waals surface area contributed by atoms with Crippen LogP contribution < -0.4 is 10.9 Å². The minimum absolute atomic E-state index is 0.0209. The van der Waals surface area contributed by atoms with E-state index in [1.54, 1.807) is 0 Å². The molecule has 0 aliphatic carbocycles. The maximum absolute atomic E-state index is 12.8. The van der Waals surface area contributed by atoms with Gasteiger partial charge in [0.1, 0.15) is 5.82 Å². The quantitative estimate of drug-likeness (QED) is 0.716. The van der Waals surface area contributed by atoms with Crippen molar-refractivity contribution in [1.29, 1.82) is 0 Å². The Kier molecular flexibility index (Phi) is 5.61. The van der Waals surface area contributed by atoms with Gasteiger partial charge in [0.05, 0.1) is 16.9 Å². The number of hydrogen-bond donors (Lipinski definition) is 1. The molecule has 0 bridgehead atoms.